The van der Waals surface area contributed by atoms with Crippen molar-refractivity contribution < 1.29 is 13.9 Å². The van der Waals surface area contributed by atoms with Crippen LogP contribution in [0.3, 0.4) is 0 Å². The molecule has 5 nitrogen and oxygen atoms in total. The van der Waals surface area contributed by atoms with Gasteiger partial charge >= 0.3 is 0 Å². The third-order valence-electron chi connectivity index (χ3n) is 6.26. The third-order valence-corrected chi connectivity index (χ3v) is 6.26. The Morgan fingerprint density at radius 3 is 2.46 bits per heavy atom. The molecule has 0 bridgehead atoms. The molecule has 0 radical (unpaired) electrons. The van der Waals surface area contributed by atoms with Crippen molar-refractivity contribution in [2.45, 2.75) is 33.1 Å². The number of hydrogen-bond donors (Lipinski definition) is 1. The number of benzene rings is 3. The van der Waals surface area contributed by atoms with Gasteiger partial charge in [0.05, 0.1) is 5.39 Å². The lowest BCUT2D eigenvalue weighted by Crippen LogP contribution is -2.17. The standard InChI is InChI=1S/C30H27NO4/c1-18-9-14-22-26(15-18)35-28(19-10-12-20(13-11-19)30(2,3)4)29(27(22)33)34-17-25(32)23-16-31-24-8-6-5-7-21(23)24/h5-16,31H,17H2,1-4H3. The van der Waals surface area contributed by atoms with Crippen molar-refractivity contribution in [2.24, 2.45) is 0 Å². The van der Waals surface area contributed by atoms with E-state index in [9.17, 15) is 9.59 Å². The van der Waals surface area contributed by atoms with Crippen LogP contribution in [0.2, 0.25) is 0 Å². The first-order chi connectivity index (χ1) is 16.7. The quantitative estimate of drug-likeness (QED) is 0.289. The molecule has 2 heterocycles. The highest BCUT2D eigenvalue weighted by Gasteiger charge is 2.21. The molecule has 3 aromatic carbocycles. The van der Waals surface area contributed by atoms with Crippen LogP contribution in [-0.2, 0) is 5.41 Å². The lowest BCUT2D eigenvalue weighted by molar-refractivity contribution is 0.0922. The minimum atomic E-state index is -0.298. The van der Waals surface area contributed by atoms with Crippen LogP contribution >= 0.6 is 0 Å². The number of H-pyrrole nitrogens is 1. The van der Waals surface area contributed by atoms with E-state index in [2.05, 4.69) is 25.8 Å². The van der Waals surface area contributed by atoms with E-state index < -0.39 is 0 Å². The Labute approximate surface area is 203 Å². The van der Waals surface area contributed by atoms with Crippen LogP contribution in [-0.4, -0.2) is 17.4 Å². The first-order valence-electron chi connectivity index (χ1n) is 11.6. The summed E-state index contributed by atoms with van der Waals surface area (Å²) in [4.78, 5) is 29.6. The van der Waals surface area contributed by atoms with E-state index in [1.165, 1.54) is 0 Å². The number of para-hydroxylation sites is 1. The van der Waals surface area contributed by atoms with Gasteiger partial charge in [-0.25, -0.2) is 0 Å². The molecule has 0 unspecified atom stereocenters. The second kappa shape index (κ2) is 8.58. The Kier molecular flexibility index (Phi) is 5.56. The van der Waals surface area contributed by atoms with E-state index in [1.54, 1.807) is 12.3 Å². The average molecular weight is 466 g/mol. The molecule has 2 aromatic heterocycles. The molecule has 0 aliphatic carbocycles. The lowest BCUT2D eigenvalue weighted by atomic mass is 9.86. The van der Waals surface area contributed by atoms with Gasteiger partial charge < -0.3 is 14.1 Å². The van der Waals surface area contributed by atoms with Gasteiger partial charge in [0.25, 0.3) is 0 Å². The van der Waals surface area contributed by atoms with Gasteiger partial charge in [-0.3, -0.25) is 9.59 Å². The summed E-state index contributed by atoms with van der Waals surface area (Å²) in [5, 5.41) is 1.24. The largest absolute Gasteiger partial charge is 0.478 e. The number of hydrogen-bond acceptors (Lipinski definition) is 4. The van der Waals surface area contributed by atoms with Crippen LogP contribution in [0.25, 0.3) is 33.2 Å². The SMILES string of the molecule is Cc1ccc2c(=O)c(OCC(=O)c3c[nH]c4ccccc34)c(-c3ccc(C(C)(C)C)cc3)oc2c1. The molecule has 5 aromatic rings. The van der Waals surface area contributed by atoms with E-state index in [0.29, 0.717) is 27.9 Å². The van der Waals surface area contributed by atoms with Crippen LogP contribution < -0.4 is 10.2 Å². The Balaban J connectivity index is 1.57. The van der Waals surface area contributed by atoms with Crippen molar-refractivity contribution in [3.63, 3.8) is 0 Å². The Morgan fingerprint density at radius 2 is 1.71 bits per heavy atom. The third kappa shape index (κ3) is 4.26. The maximum absolute atomic E-state index is 13.5. The fraction of sp³-hybridized carbons (Fsp3) is 0.200. The topological polar surface area (TPSA) is 72.3 Å². The number of nitrogens with one attached hydrogen (secondary N) is 1. The summed E-state index contributed by atoms with van der Waals surface area (Å²) in [7, 11) is 0. The zero-order valence-electron chi connectivity index (χ0n) is 20.3. The molecule has 0 aliphatic rings. The zero-order chi connectivity index (χ0) is 24.7. The maximum atomic E-state index is 13.5. The van der Waals surface area contributed by atoms with Gasteiger partial charge in [-0.05, 0) is 41.7 Å². The van der Waals surface area contributed by atoms with Crippen molar-refractivity contribution in [3.05, 3.63) is 99.8 Å². The number of aromatic amines is 1. The summed E-state index contributed by atoms with van der Waals surface area (Å²) in [6, 6.07) is 20.9. The zero-order valence-corrected chi connectivity index (χ0v) is 20.3. The molecule has 35 heavy (non-hydrogen) atoms. The summed E-state index contributed by atoms with van der Waals surface area (Å²) < 4.78 is 12.1. The van der Waals surface area contributed by atoms with Gasteiger partial charge in [0.15, 0.2) is 12.4 Å². The van der Waals surface area contributed by atoms with Crippen molar-refractivity contribution >= 4 is 27.7 Å². The van der Waals surface area contributed by atoms with Crippen molar-refractivity contribution in [2.75, 3.05) is 6.61 Å². The molecule has 5 heteroatoms. The van der Waals surface area contributed by atoms with Gasteiger partial charge in [-0.15, -0.1) is 0 Å². The number of Topliss-reactive ketones (excluding diaryl/α,β-unsaturated/α-hetero) is 1. The molecule has 0 amide bonds. The predicted molar refractivity (Wildman–Crippen MR) is 139 cm³/mol. The molecule has 0 saturated carbocycles. The smallest absolute Gasteiger partial charge is 0.235 e. The van der Waals surface area contributed by atoms with E-state index in [1.807, 2.05) is 67.6 Å². The van der Waals surface area contributed by atoms with Crippen molar-refractivity contribution in [3.8, 4) is 17.1 Å². The highest BCUT2D eigenvalue weighted by molar-refractivity contribution is 6.08. The van der Waals surface area contributed by atoms with E-state index in [0.717, 1.165) is 22.0 Å². The summed E-state index contributed by atoms with van der Waals surface area (Å²) >= 11 is 0. The number of ketones is 1. The molecule has 0 aliphatic heterocycles. The number of fused-ring (bicyclic) bond motifs is 2. The van der Waals surface area contributed by atoms with Crippen LogP contribution in [0.1, 0.15) is 42.3 Å². The average Bonchev–Trinajstić information content (AvgIpc) is 3.27. The van der Waals surface area contributed by atoms with Crippen LogP contribution in [0.4, 0.5) is 0 Å². The van der Waals surface area contributed by atoms with Gasteiger partial charge in [0.1, 0.15) is 5.58 Å². The van der Waals surface area contributed by atoms with Gasteiger partial charge in [0, 0.05) is 28.2 Å². The second-order valence-electron chi connectivity index (χ2n) is 9.88. The van der Waals surface area contributed by atoms with Crippen LogP contribution in [0.5, 0.6) is 5.75 Å². The molecule has 1 N–H and O–H groups in total. The van der Waals surface area contributed by atoms with E-state index in [-0.39, 0.29) is 29.0 Å². The molecule has 0 fully saturated rings. The molecular formula is C30H27NO4. The van der Waals surface area contributed by atoms with Gasteiger partial charge in [-0.1, -0.05) is 69.3 Å². The van der Waals surface area contributed by atoms with Crippen LogP contribution in [0.15, 0.2) is 82.1 Å². The van der Waals surface area contributed by atoms with Gasteiger partial charge in [0.2, 0.25) is 17.0 Å². The summed E-state index contributed by atoms with van der Waals surface area (Å²) in [5.74, 6) is 0.137. The minimum Gasteiger partial charge on any atom is -0.478 e. The number of rotatable bonds is 5. The second-order valence-corrected chi connectivity index (χ2v) is 9.88. The number of ether oxygens (including phenoxy) is 1. The molecule has 0 atom stereocenters. The first kappa shape index (κ1) is 22.7. The van der Waals surface area contributed by atoms with Crippen molar-refractivity contribution in [1.29, 1.82) is 0 Å². The molecule has 0 spiro atoms. The van der Waals surface area contributed by atoms with Crippen molar-refractivity contribution in [1.82, 2.24) is 4.98 Å². The van der Waals surface area contributed by atoms with E-state index >= 15 is 0 Å². The van der Waals surface area contributed by atoms with E-state index in [4.69, 9.17) is 9.15 Å². The number of carbonyl (C=O) groups is 1. The number of aryl methyl sites for hydroxylation is 1. The predicted octanol–water partition coefficient (Wildman–Crippen LogP) is 6.81. The normalized spacial score (nSPS) is 11.8. The Bertz CT molecular complexity index is 1620. The number of aromatic nitrogens is 1. The lowest BCUT2D eigenvalue weighted by Gasteiger charge is -2.19. The maximum Gasteiger partial charge on any atom is 0.235 e. The number of carbonyl (C=O) groups excluding carboxylic acids is 1. The highest BCUT2D eigenvalue weighted by Crippen LogP contribution is 2.33. The molecule has 5 rings (SSSR count). The Hall–Kier alpha value is -4.12. The molecular weight excluding hydrogens is 438 g/mol. The highest BCUT2D eigenvalue weighted by atomic mass is 16.5. The summed E-state index contributed by atoms with van der Waals surface area (Å²) in [6.07, 6.45) is 1.67. The molecule has 176 valence electrons. The first-order valence-corrected chi connectivity index (χ1v) is 11.6. The minimum absolute atomic E-state index is 0.00898. The monoisotopic (exact) mass is 465 g/mol. The molecule has 0 saturated heterocycles. The Morgan fingerprint density at radius 1 is 0.971 bits per heavy atom. The summed E-state index contributed by atoms with van der Waals surface area (Å²) in [6.45, 7) is 8.10. The summed E-state index contributed by atoms with van der Waals surface area (Å²) in [5.41, 5.74) is 4.44. The fourth-order valence-electron chi connectivity index (χ4n) is 4.24. The fourth-order valence-corrected chi connectivity index (χ4v) is 4.24. The van der Waals surface area contributed by atoms with Crippen LogP contribution in [0, 0.1) is 6.92 Å². The van der Waals surface area contributed by atoms with Gasteiger partial charge in [-0.2, -0.15) is 0 Å².